The molecular formula is C23H28N6O. The van der Waals surface area contributed by atoms with E-state index in [0.717, 1.165) is 58.8 Å². The van der Waals surface area contributed by atoms with Crippen molar-refractivity contribution in [3.05, 3.63) is 36.4 Å². The van der Waals surface area contributed by atoms with Gasteiger partial charge in [0.05, 0.1) is 23.7 Å². The molecule has 7 nitrogen and oxygen atoms in total. The van der Waals surface area contributed by atoms with Crippen LogP contribution in [-0.2, 0) is 0 Å². The van der Waals surface area contributed by atoms with E-state index in [-0.39, 0.29) is 0 Å². The molecule has 2 aromatic carbocycles. The molecule has 0 saturated carbocycles. The van der Waals surface area contributed by atoms with Crippen molar-refractivity contribution in [2.75, 3.05) is 31.6 Å². The largest absolute Gasteiger partial charge is 0.497 e. The highest BCUT2D eigenvalue weighted by molar-refractivity contribution is 5.94. The van der Waals surface area contributed by atoms with Gasteiger partial charge < -0.3 is 14.6 Å². The van der Waals surface area contributed by atoms with E-state index in [4.69, 9.17) is 9.72 Å². The van der Waals surface area contributed by atoms with Crippen LogP contribution in [0.15, 0.2) is 36.4 Å². The third-order valence-corrected chi connectivity index (χ3v) is 6.18. The quantitative estimate of drug-likeness (QED) is 0.537. The van der Waals surface area contributed by atoms with Gasteiger partial charge in [-0.3, -0.25) is 10.00 Å². The van der Waals surface area contributed by atoms with E-state index in [9.17, 15) is 0 Å². The molecule has 1 atom stereocenters. The summed E-state index contributed by atoms with van der Waals surface area (Å²) in [6.45, 7) is 10.1. The van der Waals surface area contributed by atoms with Crippen LogP contribution in [0.5, 0.6) is 5.75 Å². The van der Waals surface area contributed by atoms with Crippen LogP contribution in [0.3, 0.4) is 0 Å². The fourth-order valence-corrected chi connectivity index (χ4v) is 4.43. The van der Waals surface area contributed by atoms with Crippen molar-refractivity contribution < 1.29 is 4.74 Å². The molecule has 3 heterocycles. The number of ether oxygens (including phenoxy) is 1. The van der Waals surface area contributed by atoms with Crippen LogP contribution >= 0.6 is 0 Å². The maximum Gasteiger partial charge on any atom is 0.159 e. The summed E-state index contributed by atoms with van der Waals surface area (Å²) in [5.41, 5.74) is 4.98. The molecule has 0 unspecified atom stereocenters. The zero-order valence-corrected chi connectivity index (χ0v) is 17.9. The number of aromatic amines is 2. The minimum Gasteiger partial charge on any atom is -0.497 e. The molecule has 0 bridgehead atoms. The van der Waals surface area contributed by atoms with Crippen LogP contribution in [0.25, 0.3) is 33.5 Å². The number of piperazine rings is 1. The average Bonchev–Trinajstić information content (AvgIpc) is 3.36. The predicted octanol–water partition coefficient (Wildman–Crippen LogP) is 4.03. The lowest BCUT2D eigenvalue weighted by Gasteiger charge is -2.43. The molecule has 0 radical (unpaired) electrons. The summed E-state index contributed by atoms with van der Waals surface area (Å²) in [7, 11) is 1.67. The number of anilines is 1. The number of H-pyrrole nitrogens is 2. The van der Waals surface area contributed by atoms with E-state index in [0.29, 0.717) is 12.1 Å². The minimum absolute atomic E-state index is 0.476. The third kappa shape index (κ3) is 3.19. The Labute approximate surface area is 176 Å². The molecule has 156 valence electrons. The van der Waals surface area contributed by atoms with Gasteiger partial charge in [0.2, 0.25) is 0 Å². The number of aromatic nitrogens is 4. The zero-order chi connectivity index (χ0) is 20.8. The molecule has 5 rings (SSSR count). The Hall–Kier alpha value is -3.06. The molecule has 0 amide bonds. The number of nitrogens with zero attached hydrogens (tertiary/aromatic N) is 4. The number of hydrogen-bond acceptors (Lipinski definition) is 5. The molecule has 2 N–H and O–H groups in total. The fraction of sp³-hybridized carbons (Fsp3) is 0.391. The maximum absolute atomic E-state index is 5.38. The summed E-state index contributed by atoms with van der Waals surface area (Å²) < 4.78 is 5.38. The van der Waals surface area contributed by atoms with E-state index in [1.807, 2.05) is 18.2 Å². The number of fused-ring (bicyclic) bond motifs is 2. The lowest BCUT2D eigenvalue weighted by molar-refractivity contribution is 0.185. The van der Waals surface area contributed by atoms with Crippen LogP contribution in [0, 0.1) is 0 Å². The monoisotopic (exact) mass is 404 g/mol. The van der Waals surface area contributed by atoms with Crippen LogP contribution in [-0.4, -0.2) is 63.9 Å². The average molecular weight is 405 g/mol. The smallest absolute Gasteiger partial charge is 0.159 e. The lowest BCUT2D eigenvalue weighted by Crippen LogP contribution is -2.53. The second-order valence-corrected chi connectivity index (χ2v) is 8.40. The first-order valence-electron chi connectivity index (χ1n) is 10.6. The predicted molar refractivity (Wildman–Crippen MR) is 121 cm³/mol. The summed E-state index contributed by atoms with van der Waals surface area (Å²) in [5, 5.41) is 8.57. The van der Waals surface area contributed by atoms with Crippen molar-refractivity contribution in [2.24, 2.45) is 0 Å². The van der Waals surface area contributed by atoms with E-state index in [1.54, 1.807) is 7.11 Å². The van der Waals surface area contributed by atoms with Crippen molar-refractivity contribution in [1.82, 2.24) is 25.1 Å². The number of nitrogens with one attached hydrogen (secondary N) is 2. The first-order valence-corrected chi connectivity index (χ1v) is 10.6. The SMILES string of the molecule is COc1ccc2[nH]nc(-c3nc4ccc(N5CCN(C(C)C)C[C@@H]5C)cc4[nH]3)c2c1. The van der Waals surface area contributed by atoms with Gasteiger partial charge in [0.1, 0.15) is 11.4 Å². The van der Waals surface area contributed by atoms with E-state index in [2.05, 4.69) is 64.0 Å². The normalized spacial score (nSPS) is 18.0. The second-order valence-electron chi connectivity index (χ2n) is 8.40. The zero-order valence-electron chi connectivity index (χ0n) is 17.9. The number of benzene rings is 2. The molecule has 30 heavy (non-hydrogen) atoms. The van der Waals surface area contributed by atoms with Gasteiger partial charge in [-0.15, -0.1) is 0 Å². The molecule has 7 heteroatoms. The van der Waals surface area contributed by atoms with Gasteiger partial charge in [-0.05, 0) is 57.2 Å². The Morgan fingerprint density at radius 2 is 1.97 bits per heavy atom. The Morgan fingerprint density at radius 1 is 1.10 bits per heavy atom. The van der Waals surface area contributed by atoms with Crippen LogP contribution in [0.1, 0.15) is 20.8 Å². The molecule has 0 spiro atoms. The van der Waals surface area contributed by atoms with Gasteiger partial charge in [-0.1, -0.05) is 0 Å². The Kier molecular flexibility index (Phi) is 4.62. The van der Waals surface area contributed by atoms with E-state index in [1.165, 1.54) is 5.69 Å². The number of imidazole rings is 1. The summed E-state index contributed by atoms with van der Waals surface area (Å²) in [4.78, 5) is 13.3. The van der Waals surface area contributed by atoms with Crippen molar-refractivity contribution in [2.45, 2.75) is 32.9 Å². The minimum atomic E-state index is 0.476. The van der Waals surface area contributed by atoms with Crippen molar-refractivity contribution in [3.63, 3.8) is 0 Å². The Morgan fingerprint density at radius 3 is 2.73 bits per heavy atom. The number of hydrogen-bond donors (Lipinski definition) is 2. The summed E-state index contributed by atoms with van der Waals surface area (Å²) >= 11 is 0. The molecule has 2 aromatic heterocycles. The maximum atomic E-state index is 5.38. The van der Waals surface area contributed by atoms with Crippen LogP contribution in [0.4, 0.5) is 5.69 Å². The Balaban J connectivity index is 1.48. The molecular weight excluding hydrogens is 376 g/mol. The number of methoxy groups -OCH3 is 1. The topological polar surface area (TPSA) is 73.1 Å². The first kappa shape index (κ1) is 18.9. The van der Waals surface area contributed by atoms with Gasteiger partial charge >= 0.3 is 0 Å². The van der Waals surface area contributed by atoms with Gasteiger partial charge in [-0.2, -0.15) is 5.10 Å². The lowest BCUT2D eigenvalue weighted by atomic mass is 10.1. The van der Waals surface area contributed by atoms with E-state index < -0.39 is 0 Å². The molecule has 1 fully saturated rings. The van der Waals surface area contributed by atoms with Gasteiger partial charge in [-0.25, -0.2) is 4.98 Å². The van der Waals surface area contributed by atoms with Crippen LogP contribution < -0.4 is 9.64 Å². The van der Waals surface area contributed by atoms with E-state index >= 15 is 0 Å². The summed E-state index contributed by atoms with van der Waals surface area (Å²) in [6.07, 6.45) is 0. The van der Waals surface area contributed by atoms with Crippen molar-refractivity contribution >= 4 is 27.6 Å². The highest BCUT2D eigenvalue weighted by Crippen LogP contribution is 2.31. The van der Waals surface area contributed by atoms with Gasteiger partial charge in [0, 0.05) is 42.8 Å². The highest BCUT2D eigenvalue weighted by atomic mass is 16.5. The molecule has 1 aliphatic heterocycles. The summed E-state index contributed by atoms with van der Waals surface area (Å²) in [5.74, 6) is 1.57. The molecule has 4 aromatic rings. The summed E-state index contributed by atoms with van der Waals surface area (Å²) in [6, 6.07) is 13.4. The van der Waals surface area contributed by atoms with Crippen LogP contribution in [0.2, 0.25) is 0 Å². The van der Waals surface area contributed by atoms with Gasteiger partial charge in [0.25, 0.3) is 0 Å². The number of rotatable bonds is 4. The molecule has 1 saturated heterocycles. The van der Waals surface area contributed by atoms with Crippen molar-refractivity contribution in [1.29, 1.82) is 0 Å². The molecule has 1 aliphatic rings. The second kappa shape index (κ2) is 7.32. The highest BCUT2D eigenvalue weighted by Gasteiger charge is 2.25. The first-order chi connectivity index (χ1) is 14.5. The van der Waals surface area contributed by atoms with Gasteiger partial charge in [0.15, 0.2) is 5.82 Å². The standard InChI is InChI=1S/C23H28N6O/c1-14(2)28-9-10-29(15(3)13-28)16-5-7-20-21(11-16)25-23(24-20)22-18-12-17(30-4)6-8-19(18)26-27-22/h5-8,11-12,14-15H,9-10,13H2,1-4H3,(H,24,25)(H,26,27)/t15-/m0/s1. The molecule has 0 aliphatic carbocycles. The fourth-order valence-electron chi connectivity index (χ4n) is 4.43. The Bertz CT molecular complexity index is 1190. The van der Waals surface area contributed by atoms with Crippen molar-refractivity contribution in [3.8, 4) is 17.3 Å². The third-order valence-electron chi connectivity index (χ3n) is 6.18.